The molecule has 12 heavy (non-hydrogen) atoms. The predicted molar refractivity (Wildman–Crippen MR) is 48.1 cm³/mol. The van der Waals surface area contributed by atoms with Crippen LogP contribution in [0.15, 0.2) is 24.7 Å². The molecule has 0 amide bonds. The van der Waals surface area contributed by atoms with Crippen LogP contribution < -0.4 is 10.9 Å². The molecule has 0 fully saturated rings. The zero-order valence-corrected chi connectivity index (χ0v) is 6.96. The SMILES string of the molecule is Cc1cncc(C2=CNNC2)c1. The highest BCUT2D eigenvalue weighted by Crippen LogP contribution is 2.14. The highest BCUT2D eigenvalue weighted by Gasteiger charge is 2.05. The van der Waals surface area contributed by atoms with Crippen LogP contribution in [0.1, 0.15) is 11.1 Å². The summed E-state index contributed by atoms with van der Waals surface area (Å²) in [5, 5.41) is 0. The molecule has 0 spiro atoms. The van der Waals surface area contributed by atoms with E-state index < -0.39 is 0 Å². The molecule has 2 rings (SSSR count). The van der Waals surface area contributed by atoms with Gasteiger partial charge in [0.15, 0.2) is 0 Å². The van der Waals surface area contributed by atoms with E-state index in [0.29, 0.717) is 0 Å². The van der Waals surface area contributed by atoms with Crippen molar-refractivity contribution in [2.24, 2.45) is 0 Å². The summed E-state index contributed by atoms with van der Waals surface area (Å²) < 4.78 is 0. The molecule has 0 bridgehead atoms. The molecule has 0 saturated heterocycles. The molecule has 2 heterocycles. The van der Waals surface area contributed by atoms with Gasteiger partial charge in [0.25, 0.3) is 0 Å². The first-order chi connectivity index (χ1) is 5.86. The van der Waals surface area contributed by atoms with E-state index >= 15 is 0 Å². The molecule has 2 N–H and O–H groups in total. The molecule has 0 atom stereocenters. The van der Waals surface area contributed by atoms with Gasteiger partial charge in [0.1, 0.15) is 0 Å². The van der Waals surface area contributed by atoms with E-state index in [4.69, 9.17) is 0 Å². The minimum Gasteiger partial charge on any atom is -0.328 e. The van der Waals surface area contributed by atoms with Gasteiger partial charge in [0.05, 0.1) is 0 Å². The summed E-state index contributed by atoms with van der Waals surface area (Å²) in [7, 11) is 0. The summed E-state index contributed by atoms with van der Waals surface area (Å²) in [5.74, 6) is 0. The standard InChI is InChI=1S/C9H11N3/c1-7-2-8(4-10-3-7)9-5-11-12-6-9/h2-5,11-12H,6H2,1H3. The van der Waals surface area contributed by atoms with Crippen LogP contribution in [-0.2, 0) is 0 Å². The Bertz CT molecular complexity index is 317. The van der Waals surface area contributed by atoms with E-state index in [1.165, 1.54) is 16.7 Å². The molecule has 0 aliphatic carbocycles. The summed E-state index contributed by atoms with van der Waals surface area (Å²) in [6.07, 6.45) is 5.71. The number of pyridine rings is 1. The lowest BCUT2D eigenvalue weighted by molar-refractivity contribution is 0.729. The number of hydrazine groups is 1. The normalized spacial score (nSPS) is 15.6. The van der Waals surface area contributed by atoms with Crippen LogP contribution in [0.2, 0.25) is 0 Å². The Labute approximate surface area is 71.5 Å². The average Bonchev–Trinajstić information content (AvgIpc) is 2.56. The summed E-state index contributed by atoms with van der Waals surface area (Å²) in [6, 6.07) is 2.13. The Morgan fingerprint density at radius 2 is 2.33 bits per heavy atom. The van der Waals surface area contributed by atoms with Crippen molar-refractivity contribution in [3.63, 3.8) is 0 Å². The topological polar surface area (TPSA) is 37.0 Å². The molecule has 62 valence electrons. The van der Waals surface area contributed by atoms with Crippen LogP contribution >= 0.6 is 0 Å². The largest absolute Gasteiger partial charge is 0.328 e. The smallest absolute Gasteiger partial charge is 0.0419 e. The van der Waals surface area contributed by atoms with E-state index in [0.717, 1.165) is 6.54 Å². The first-order valence-electron chi connectivity index (χ1n) is 3.96. The fourth-order valence-corrected chi connectivity index (χ4v) is 1.25. The van der Waals surface area contributed by atoms with Crippen molar-refractivity contribution in [1.29, 1.82) is 0 Å². The van der Waals surface area contributed by atoms with Gasteiger partial charge in [-0.3, -0.25) is 4.98 Å². The quantitative estimate of drug-likeness (QED) is 0.640. The maximum absolute atomic E-state index is 4.13. The second-order valence-corrected chi connectivity index (χ2v) is 2.92. The van der Waals surface area contributed by atoms with Crippen LogP contribution in [0, 0.1) is 6.92 Å². The van der Waals surface area contributed by atoms with Crippen molar-refractivity contribution in [2.75, 3.05) is 6.54 Å². The molecular weight excluding hydrogens is 150 g/mol. The van der Waals surface area contributed by atoms with E-state index in [-0.39, 0.29) is 0 Å². The number of hydrogen-bond donors (Lipinski definition) is 2. The van der Waals surface area contributed by atoms with E-state index in [9.17, 15) is 0 Å². The van der Waals surface area contributed by atoms with Crippen molar-refractivity contribution >= 4 is 5.57 Å². The number of nitrogens with zero attached hydrogens (tertiary/aromatic N) is 1. The molecule has 1 aromatic heterocycles. The maximum atomic E-state index is 4.13. The van der Waals surface area contributed by atoms with Crippen LogP contribution in [0.3, 0.4) is 0 Å². The zero-order chi connectivity index (χ0) is 8.39. The van der Waals surface area contributed by atoms with Crippen LogP contribution in [0.25, 0.3) is 5.57 Å². The predicted octanol–water partition coefficient (Wildman–Crippen LogP) is 0.839. The Morgan fingerprint density at radius 3 is 3.00 bits per heavy atom. The summed E-state index contributed by atoms with van der Waals surface area (Å²) in [6.45, 7) is 2.91. The first-order valence-corrected chi connectivity index (χ1v) is 3.96. The third-order valence-electron chi connectivity index (χ3n) is 1.87. The van der Waals surface area contributed by atoms with Gasteiger partial charge in [-0.25, -0.2) is 5.43 Å². The molecule has 0 unspecified atom stereocenters. The molecule has 1 aliphatic heterocycles. The third-order valence-corrected chi connectivity index (χ3v) is 1.87. The second-order valence-electron chi connectivity index (χ2n) is 2.92. The second kappa shape index (κ2) is 2.95. The van der Waals surface area contributed by atoms with E-state index in [1.54, 1.807) is 0 Å². The molecular formula is C9H11N3. The fourth-order valence-electron chi connectivity index (χ4n) is 1.25. The van der Waals surface area contributed by atoms with Gasteiger partial charge in [0, 0.05) is 25.1 Å². The van der Waals surface area contributed by atoms with Gasteiger partial charge >= 0.3 is 0 Å². The fraction of sp³-hybridized carbons (Fsp3) is 0.222. The number of hydrogen-bond acceptors (Lipinski definition) is 3. The monoisotopic (exact) mass is 161 g/mol. The van der Waals surface area contributed by atoms with Crippen molar-refractivity contribution in [3.05, 3.63) is 35.8 Å². The molecule has 1 aliphatic rings. The average molecular weight is 161 g/mol. The Morgan fingerprint density at radius 1 is 1.42 bits per heavy atom. The van der Waals surface area contributed by atoms with Crippen molar-refractivity contribution in [3.8, 4) is 0 Å². The molecule has 3 heteroatoms. The lowest BCUT2D eigenvalue weighted by Crippen LogP contribution is -2.20. The third kappa shape index (κ3) is 1.31. The molecule has 0 saturated carbocycles. The molecule has 0 aromatic carbocycles. The lowest BCUT2D eigenvalue weighted by Gasteiger charge is -2.00. The molecule has 0 radical (unpaired) electrons. The summed E-state index contributed by atoms with van der Waals surface area (Å²) in [4.78, 5) is 4.13. The minimum atomic E-state index is 0.866. The Kier molecular flexibility index (Phi) is 1.80. The van der Waals surface area contributed by atoms with E-state index in [1.807, 2.05) is 25.5 Å². The lowest BCUT2D eigenvalue weighted by atomic mass is 10.1. The van der Waals surface area contributed by atoms with Crippen molar-refractivity contribution < 1.29 is 0 Å². The summed E-state index contributed by atoms with van der Waals surface area (Å²) >= 11 is 0. The van der Waals surface area contributed by atoms with Crippen LogP contribution in [0.4, 0.5) is 0 Å². The zero-order valence-electron chi connectivity index (χ0n) is 6.96. The summed E-state index contributed by atoms with van der Waals surface area (Å²) in [5.41, 5.74) is 9.61. The minimum absolute atomic E-state index is 0.866. The van der Waals surface area contributed by atoms with Gasteiger partial charge in [-0.15, -0.1) is 0 Å². The van der Waals surface area contributed by atoms with Gasteiger partial charge < -0.3 is 5.43 Å². The first kappa shape index (κ1) is 7.31. The van der Waals surface area contributed by atoms with E-state index in [2.05, 4.69) is 21.9 Å². The number of aromatic nitrogens is 1. The maximum Gasteiger partial charge on any atom is 0.0419 e. The van der Waals surface area contributed by atoms with Gasteiger partial charge in [-0.1, -0.05) is 0 Å². The van der Waals surface area contributed by atoms with Crippen molar-refractivity contribution in [2.45, 2.75) is 6.92 Å². The number of rotatable bonds is 1. The van der Waals surface area contributed by atoms with Gasteiger partial charge in [0.2, 0.25) is 0 Å². The van der Waals surface area contributed by atoms with Gasteiger partial charge in [-0.05, 0) is 29.7 Å². The number of aryl methyl sites for hydroxylation is 1. The highest BCUT2D eigenvalue weighted by atomic mass is 15.4. The number of nitrogens with one attached hydrogen (secondary N) is 2. The van der Waals surface area contributed by atoms with Crippen LogP contribution in [0.5, 0.6) is 0 Å². The Hall–Kier alpha value is -1.35. The Balaban J connectivity index is 2.33. The highest BCUT2D eigenvalue weighted by molar-refractivity contribution is 5.67. The van der Waals surface area contributed by atoms with Gasteiger partial charge in [-0.2, -0.15) is 0 Å². The van der Waals surface area contributed by atoms with Crippen molar-refractivity contribution in [1.82, 2.24) is 15.8 Å². The molecule has 3 nitrogen and oxygen atoms in total. The van der Waals surface area contributed by atoms with Crippen LogP contribution in [-0.4, -0.2) is 11.5 Å². The molecule has 1 aromatic rings.